The number of ether oxygens (including phenoxy) is 3. The second-order valence-electron chi connectivity index (χ2n) is 7.86. The van der Waals surface area contributed by atoms with Crippen LogP contribution in [0.15, 0.2) is 60.7 Å². The number of nitro groups is 1. The van der Waals surface area contributed by atoms with Gasteiger partial charge in [-0.1, -0.05) is 0 Å². The van der Waals surface area contributed by atoms with Crippen molar-refractivity contribution in [1.82, 2.24) is 4.90 Å². The summed E-state index contributed by atoms with van der Waals surface area (Å²) >= 11 is 8.07. The molecular formula is C25H24IN3O5S. The highest BCUT2D eigenvalue weighted by Gasteiger charge is 2.31. The maximum atomic E-state index is 11.0. The molecule has 0 fully saturated rings. The van der Waals surface area contributed by atoms with Crippen LogP contribution in [-0.2, 0) is 6.42 Å². The predicted octanol–water partition coefficient (Wildman–Crippen LogP) is 5.59. The van der Waals surface area contributed by atoms with Crippen LogP contribution in [-0.4, -0.2) is 42.3 Å². The van der Waals surface area contributed by atoms with Gasteiger partial charge in [0.25, 0.3) is 5.69 Å². The van der Waals surface area contributed by atoms with E-state index in [4.69, 9.17) is 26.4 Å². The first-order valence-electron chi connectivity index (χ1n) is 10.8. The number of nitro benzene ring substituents is 1. The van der Waals surface area contributed by atoms with Crippen LogP contribution >= 0.6 is 34.8 Å². The van der Waals surface area contributed by atoms with Gasteiger partial charge in [0, 0.05) is 27.9 Å². The summed E-state index contributed by atoms with van der Waals surface area (Å²) in [4.78, 5) is 12.6. The van der Waals surface area contributed by atoms with E-state index in [0.717, 1.165) is 26.8 Å². The van der Waals surface area contributed by atoms with Crippen molar-refractivity contribution in [3.8, 4) is 17.2 Å². The van der Waals surface area contributed by atoms with Crippen LogP contribution in [0.25, 0.3) is 0 Å². The minimum atomic E-state index is -0.433. The molecule has 1 atom stereocenters. The van der Waals surface area contributed by atoms with Crippen LogP contribution in [0.2, 0.25) is 0 Å². The molecule has 0 spiro atoms. The molecule has 0 saturated carbocycles. The average Bonchev–Trinajstić information content (AvgIpc) is 2.87. The van der Waals surface area contributed by atoms with Crippen LogP contribution in [0.5, 0.6) is 17.2 Å². The van der Waals surface area contributed by atoms with Gasteiger partial charge in [-0.15, -0.1) is 0 Å². The van der Waals surface area contributed by atoms with E-state index in [1.807, 2.05) is 36.4 Å². The topological polar surface area (TPSA) is 86.1 Å². The normalized spacial score (nSPS) is 14.6. The van der Waals surface area contributed by atoms with Crippen molar-refractivity contribution in [3.05, 3.63) is 85.5 Å². The first-order valence-corrected chi connectivity index (χ1v) is 12.3. The summed E-state index contributed by atoms with van der Waals surface area (Å²) in [6.45, 7) is 0.974. The van der Waals surface area contributed by atoms with E-state index < -0.39 is 4.92 Å². The van der Waals surface area contributed by atoms with E-state index in [0.29, 0.717) is 28.9 Å². The van der Waals surface area contributed by atoms with Gasteiger partial charge in [-0.25, -0.2) is 0 Å². The highest BCUT2D eigenvalue weighted by atomic mass is 127. The third kappa shape index (κ3) is 5.76. The summed E-state index contributed by atoms with van der Waals surface area (Å²) in [5, 5.41) is 14.9. The van der Waals surface area contributed by atoms with Gasteiger partial charge in [0.15, 0.2) is 16.6 Å². The third-order valence-corrected chi connectivity index (χ3v) is 6.87. The van der Waals surface area contributed by atoms with Crippen LogP contribution in [0.4, 0.5) is 11.4 Å². The number of fused-ring (bicyclic) bond motifs is 1. The van der Waals surface area contributed by atoms with Gasteiger partial charge in [0.05, 0.1) is 25.2 Å². The third-order valence-electron chi connectivity index (χ3n) is 5.81. The fourth-order valence-electron chi connectivity index (χ4n) is 4.02. The number of methoxy groups -OCH3 is 2. The van der Waals surface area contributed by atoms with Crippen molar-refractivity contribution in [1.29, 1.82) is 0 Å². The van der Waals surface area contributed by atoms with Gasteiger partial charge in [0.2, 0.25) is 0 Å². The zero-order chi connectivity index (χ0) is 24.9. The number of anilines is 1. The minimum absolute atomic E-state index is 0.0155. The molecule has 182 valence electrons. The molecule has 35 heavy (non-hydrogen) atoms. The number of thiocarbonyl (C=S) groups is 1. The van der Waals surface area contributed by atoms with Crippen LogP contribution in [0.1, 0.15) is 17.2 Å². The number of hydrogen-bond acceptors (Lipinski definition) is 6. The maximum Gasteiger partial charge on any atom is 0.269 e. The van der Waals surface area contributed by atoms with E-state index in [9.17, 15) is 10.1 Å². The molecule has 0 saturated heterocycles. The van der Waals surface area contributed by atoms with Crippen LogP contribution in [0.3, 0.4) is 0 Å². The summed E-state index contributed by atoms with van der Waals surface area (Å²) < 4.78 is 18.3. The van der Waals surface area contributed by atoms with Gasteiger partial charge in [-0.3, -0.25) is 10.1 Å². The molecule has 0 aliphatic carbocycles. The van der Waals surface area contributed by atoms with Crippen molar-refractivity contribution in [2.24, 2.45) is 0 Å². The van der Waals surface area contributed by atoms with Crippen LogP contribution < -0.4 is 19.5 Å². The first-order chi connectivity index (χ1) is 16.9. The zero-order valence-electron chi connectivity index (χ0n) is 19.2. The molecule has 1 unspecified atom stereocenters. The predicted molar refractivity (Wildman–Crippen MR) is 147 cm³/mol. The molecule has 0 bridgehead atoms. The molecule has 3 aromatic rings. The zero-order valence-corrected chi connectivity index (χ0v) is 22.2. The maximum absolute atomic E-state index is 11.0. The Morgan fingerprint density at radius 3 is 2.40 bits per heavy atom. The van der Waals surface area contributed by atoms with Crippen molar-refractivity contribution >= 4 is 51.3 Å². The Morgan fingerprint density at radius 2 is 1.77 bits per heavy atom. The molecule has 0 radical (unpaired) electrons. The van der Waals surface area contributed by atoms with E-state index >= 15 is 0 Å². The van der Waals surface area contributed by atoms with Crippen molar-refractivity contribution in [3.63, 3.8) is 0 Å². The Kier molecular flexibility index (Phi) is 7.91. The molecule has 4 rings (SSSR count). The largest absolute Gasteiger partial charge is 0.493 e. The molecule has 3 aromatic carbocycles. The second-order valence-corrected chi connectivity index (χ2v) is 9.50. The molecule has 0 aromatic heterocycles. The molecule has 8 nitrogen and oxygen atoms in total. The molecular weight excluding hydrogens is 581 g/mol. The number of hydrogen-bond donors (Lipinski definition) is 1. The minimum Gasteiger partial charge on any atom is -0.493 e. The molecule has 10 heteroatoms. The SMILES string of the molecule is COc1cc2c(cc1OC)C(COc1ccc([N+](=O)[O-])cc1)N(C(=S)Nc1ccc(I)cc1)CC2. The number of non-ortho nitro benzene ring substituents is 1. The van der Waals surface area contributed by atoms with Crippen molar-refractivity contribution in [2.45, 2.75) is 12.5 Å². The van der Waals surface area contributed by atoms with E-state index in [-0.39, 0.29) is 18.3 Å². The summed E-state index contributed by atoms with van der Waals surface area (Å²) in [6, 6.07) is 17.8. The lowest BCUT2D eigenvalue weighted by Crippen LogP contribution is -2.44. The number of benzene rings is 3. The standard InChI is InChI=1S/C25H24IN3O5S/c1-32-23-13-16-11-12-28(25(35)27-18-5-3-17(26)4-6-18)22(21(16)14-24(23)33-2)15-34-20-9-7-19(8-10-20)29(30)31/h3-10,13-14,22H,11-12,15H2,1-2H3,(H,27,35). The quantitative estimate of drug-likeness (QED) is 0.162. The molecule has 0 amide bonds. The summed E-state index contributed by atoms with van der Waals surface area (Å²) in [5.74, 6) is 1.85. The monoisotopic (exact) mass is 605 g/mol. The second kappa shape index (κ2) is 11.1. The first kappa shape index (κ1) is 25.0. The molecule has 1 N–H and O–H groups in total. The fourth-order valence-corrected chi connectivity index (χ4v) is 4.71. The Hall–Kier alpha value is -3.12. The average molecular weight is 605 g/mol. The van der Waals surface area contributed by atoms with Gasteiger partial charge >= 0.3 is 0 Å². The Bertz CT molecular complexity index is 1220. The Morgan fingerprint density at radius 1 is 1.11 bits per heavy atom. The fraction of sp³-hybridized carbons (Fsp3) is 0.240. The lowest BCUT2D eigenvalue weighted by molar-refractivity contribution is -0.384. The number of nitrogens with one attached hydrogen (secondary N) is 1. The summed E-state index contributed by atoms with van der Waals surface area (Å²) in [5.41, 5.74) is 3.08. The van der Waals surface area contributed by atoms with Gasteiger partial charge in [0.1, 0.15) is 12.4 Å². The van der Waals surface area contributed by atoms with Crippen molar-refractivity contribution in [2.75, 3.05) is 32.7 Å². The number of rotatable bonds is 7. The molecule has 1 aliphatic heterocycles. The smallest absolute Gasteiger partial charge is 0.269 e. The van der Waals surface area contributed by atoms with Crippen molar-refractivity contribution < 1.29 is 19.1 Å². The molecule has 1 heterocycles. The highest BCUT2D eigenvalue weighted by Crippen LogP contribution is 2.38. The number of halogens is 1. The van der Waals surface area contributed by atoms with Gasteiger partial charge in [-0.2, -0.15) is 0 Å². The summed E-state index contributed by atoms with van der Waals surface area (Å²) in [7, 11) is 3.23. The van der Waals surface area contributed by atoms with Crippen LogP contribution in [0, 0.1) is 13.7 Å². The molecule has 1 aliphatic rings. The lowest BCUT2D eigenvalue weighted by Gasteiger charge is -2.39. The van der Waals surface area contributed by atoms with Gasteiger partial charge in [-0.05, 0) is 101 Å². The summed E-state index contributed by atoms with van der Waals surface area (Å²) in [6.07, 6.45) is 0.776. The number of nitrogens with zero attached hydrogens (tertiary/aromatic N) is 2. The van der Waals surface area contributed by atoms with Gasteiger partial charge < -0.3 is 24.4 Å². The van der Waals surface area contributed by atoms with E-state index in [1.165, 1.54) is 12.1 Å². The van der Waals surface area contributed by atoms with E-state index in [1.54, 1.807) is 26.4 Å². The Balaban J connectivity index is 1.62. The highest BCUT2D eigenvalue weighted by molar-refractivity contribution is 14.1. The Labute approximate surface area is 222 Å². The lowest BCUT2D eigenvalue weighted by atomic mass is 9.92. The van der Waals surface area contributed by atoms with E-state index in [2.05, 4.69) is 32.8 Å².